The highest BCUT2D eigenvalue weighted by atomic mass is 35.5. The second kappa shape index (κ2) is 9.24. The third kappa shape index (κ3) is 5.18. The van der Waals surface area contributed by atoms with Crippen LogP contribution in [-0.4, -0.2) is 11.7 Å². The Kier molecular flexibility index (Phi) is 8.00. The molecule has 0 aromatic heterocycles. The van der Waals surface area contributed by atoms with Gasteiger partial charge >= 0.3 is 0 Å². The van der Waals surface area contributed by atoms with Gasteiger partial charge in [-0.05, 0) is 37.6 Å². The van der Waals surface area contributed by atoms with Gasteiger partial charge in [-0.1, -0.05) is 41.4 Å². The second-order valence-electron chi connectivity index (χ2n) is 4.97. The predicted molar refractivity (Wildman–Crippen MR) is 98.2 cm³/mol. The number of phenols is 1. The zero-order chi connectivity index (χ0) is 16.1. The summed E-state index contributed by atoms with van der Waals surface area (Å²) in [5, 5.41) is 14.8. The van der Waals surface area contributed by atoms with Crippen molar-refractivity contribution < 1.29 is 9.84 Å². The third-order valence-electron chi connectivity index (χ3n) is 3.41. The number of rotatable bonds is 6. The first-order chi connectivity index (χ1) is 10.5. The molecule has 2 rings (SSSR count). The third-order valence-corrected chi connectivity index (χ3v) is 3.97. The molecular formula is C17H20Cl3NO2. The molecule has 1 unspecified atom stereocenters. The van der Waals surface area contributed by atoms with E-state index >= 15 is 0 Å². The number of halogens is 3. The van der Waals surface area contributed by atoms with Crippen molar-refractivity contribution >= 4 is 35.6 Å². The highest BCUT2D eigenvalue weighted by molar-refractivity contribution is 6.35. The van der Waals surface area contributed by atoms with Gasteiger partial charge in [-0.3, -0.25) is 0 Å². The SMILES string of the molecule is CCOc1cccc(CNC(C)c2ccc(Cl)cc2Cl)c1O.Cl. The molecule has 0 saturated carbocycles. The zero-order valence-electron chi connectivity index (χ0n) is 13.0. The lowest BCUT2D eigenvalue weighted by molar-refractivity contribution is 0.316. The van der Waals surface area contributed by atoms with Crippen molar-refractivity contribution in [2.45, 2.75) is 26.4 Å². The Labute approximate surface area is 153 Å². The maximum atomic E-state index is 10.2. The Bertz CT molecular complexity index is 650. The normalized spacial score (nSPS) is 11.7. The Morgan fingerprint density at radius 2 is 1.96 bits per heavy atom. The summed E-state index contributed by atoms with van der Waals surface area (Å²) < 4.78 is 5.39. The van der Waals surface area contributed by atoms with E-state index in [1.165, 1.54) is 0 Å². The van der Waals surface area contributed by atoms with Gasteiger partial charge < -0.3 is 15.2 Å². The summed E-state index contributed by atoms with van der Waals surface area (Å²) in [5.41, 5.74) is 1.74. The van der Waals surface area contributed by atoms with Crippen LogP contribution in [0.15, 0.2) is 36.4 Å². The van der Waals surface area contributed by atoms with Gasteiger partial charge in [0.05, 0.1) is 6.61 Å². The number of hydrogen-bond donors (Lipinski definition) is 2. The Balaban J connectivity index is 0.00000264. The van der Waals surface area contributed by atoms with Crippen molar-refractivity contribution in [2.75, 3.05) is 6.61 Å². The molecule has 0 heterocycles. The highest BCUT2D eigenvalue weighted by Gasteiger charge is 2.12. The Morgan fingerprint density at radius 1 is 1.22 bits per heavy atom. The molecule has 0 aliphatic carbocycles. The molecule has 0 bridgehead atoms. The molecule has 1 atom stereocenters. The van der Waals surface area contributed by atoms with E-state index < -0.39 is 0 Å². The lowest BCUT2D eigenvalue weighted by Gasteiger charge is -2.17. The van der Waals surface area contributed by atoms with E-state index in [4.69, 9.17) is 27.9 Å². The molecule has 0 saturated heterocycles. The summed E-state index contributed by atoms with van der Waals surface area (Å²) in [6, 6.07) is 10.9. The van der Waals surface area contributed by atoms with Crippen molar-refractivity contribution in [2.24, 2.45) is 0 Å². The number of ether oxygens (including phenoxy) is 1. The van der Waals surface area contributed by atoms with E-state index in [1.54, 1.807) is 12.1 Å². The van der Waals surface area contributed by atoms with E-state index in [2.05, 4.69) is 5.32 Å². The average molecular weight is 377 g/mol. The Hall–Kier alpha value is -1.13. The van der Waals surface area contributed by atoms with E-state index in [9.17, 15) is 5.11 Å². The summed E-state index contributed by atoms with van der Waals surface area (Å²) in [5.74, 6) is 0.672. The van der Waals surface area contributed by atoms with Crippen LogP contribution in [0.3, 0.4) is 0 Å². The summed E-state index contributed by atoms with van der Waals surface area (Å²) in [4.78, 5) is 0. The van der Waals surface area contributed by atoms with E-state index in [0.717, 1.165) is 11.1 Å². The summed E-state index contributed by atoms with van der Waals surface area (Å²) in [6.45, 7) is 4.92. The summed E-state index contributed by atoms with van der Waals surface area (Å²) in [6.07, 6.45) is 0. The first-order valence-corrected chi connectivity index (χ1v) is 7.90. The fourth-order valence-electron chi connectivity index (χ4n) is 2.21. The highest BCUT2D eigenvalue weighted by Crippen LogP contribution is 2.31. The first-order valence-electron chi connectivity index (χ1n) is 7.15. The van der Waals surface area contributed by atoms with Crippen LogP contribution in [0.25, 0.3) is 0 Å². The van der Waals surface area contributed by atoms with Crippen LogP contribution in [0.1, 0.15) is 31.0 Å². The standard InChI is InChI=1S/C17H19Cl2NO2.ClH/c1-3-22-16-6-4-5-12(17(16)21)10-20-11(2)14-8-7-13(18)9-15(14)19;/h4-9,11,20-21H,3,10H2,1-2H3;1H. The second-order valence-corrected chi connectivity index (χ2v) is 5.81. The van der Waals surface area contributed by atoms with Crippen LogP contribution in [0.5, 0.6) is 11.5 Å². The van der Waals surface area contributed by atoms with E-state index in [0.29, 0.717) is 28.9 Å². The van der Waals surface area contributed by atoms with Gasteiger partial charge in [0.1, 0.15) is 0 Å². The lowest BCUT2D eigenvalue weighted by atomic mass is 10.1. The van der Waals surface area contributed by atoms with Gasteiger partial charge in [-0.25, -0.2) is 0 Å². The molecule has 2 N–H and O–H groups in total. The van der Waals surface area contributed by atoms with Gasteiger partial charge in [-0.15, -0.1) is 12.4 Å². The van der Waals surface area contributed by atoms with Crippen LogP contribution in [-0.2, 0) is 6.54 Å². The van der Waals surface area contributed by atoms with Crippen LogP contribution < -0.4 is 10.1 Å². The zero-order valence-corrected chi connectivity index (χ0v) is 15.3. The van der Waals surface area contributed by atoms with E-state index in [-0.39, 0.29) is 24.2 Å². The monoisotopic (exact) mass is 375 g/mol. The van der Waals surface area contributed by atoms with Gasteiger partial charge in [-0.2, -0.15) is 0 Å². The van der Waals surface area contributed by atoms with Gasteiger partial charge in [0.15, 0.2) is 11.5 Å². The van der Waals surface area contributed by atoms with Crippen LogP contribution in [0.4, 0.5) is 0 Å². The maximum absolute atomic E-state index is 10.2. The van der Waals surface area contributed by atoms with Crippen molar-refractivity contribution in [1.29, 1.82) is 0 Å². The molecule has 2 aromatic rings. The Morgan fingerprint density at radius 3 is 2.61 bits per heavy atom. The molecule has 0 fully saturated rings. The molecule has 0 aliphatic rings. The number of phenolic OH excluding ortho intramolecular Hbond substituents is 1. The topological polar surface area (TPSA) is 41.5 Å². The number of para-hydroxylation sites is 1. The molecule has 23 heavy (non-hydrogen) atoms. The first kappa shape index (κ1) is 19.9. The molecule has 2 aromatic carbocycles. The van der Waals surface area contributed by atoms with Crippen LogP contribution >= 0.6 is 35.6 Å². The minimum Gasteiger partial charge on any atom is -0.504 e. The van der Waals surface area contributed by atoms with Crippen molar-refractivity contribution in [3.05, 3.63) is 57.6 Å². The lowest BCUT2D eigenvalue weighted by Crippen LogP contribution is -2.18. The molecule has 3 nitrogen and oxygen atoms in total. The van der Waals surface area contributed by atoms with Gasteiger partial charge in [0, 0.05) is 28.2 Å². The maximum Gasteiger partial charge on any atom is 0.162 e. The number of benzene rings is 2. The fraction of sp³-hybridized carbons (Fsp3) is 0.294. The molecule has 0 amide bonds. The average Bonchev–Trinajstić information content (AvgIpc) is 2.48. The largest absolute Gasteiger partial charge is 0.504 e. The van der Waals surface area contributed by atoms with Crippen LogP contribution in [0, 0.1) is 0 Å². The molecule has 0 aliphatic heterocycles. The smallest absolute Gasteiger partial charge is 0.162 e. The number of aromatic hydroxyl groups is 1. The van der Waals surface area contributed by atoms with Gasteiger partial charge in [0.2, 0.25) is 0 Å². The number of nitrogens with one attached hydrogen (secondary N) is 1. The molecule has 0 radical (unpaired) electrons. The molecule has 6 heteroatoms. The van der Waals surface area contributed by atoms with Crippen molar-refractivity contribution in [3.63, 3.8) is 0 Å². The van der Waals surface area contributed by atoms with Crippen molar-refractivity contribution in [1.82, 2.24) is 5.32 Å². The summed E-state index contributed by atoms with van der Waals surface area (Å²) in [7, 11) is 0. The minimum atomic E-state index is 0. The molecule has 126 valence electrons. The number of hydrogen-bond acceptors (Lipinski definition) is 3. The molecular weight excluding hydrogens is 357 g/mol. The van der Waals surface area contributed by atoms with E-state index in [1.807, 2.05) is 38.1 Å². The predicted octanol–water partition coefficient (Wildman–Crippen LogP) is 5.37. The minimum absolute atomic E-state index is 0. The van der Waals surface area contributed by atoms with Gasteiger partial charge in [0.25, 0.3) is 0 Å². The van der Waals surface area contributed by atoms with Crippen molar-refractivity contribution in [3.8, 4) is 11.5 Å². The summed E-state index contributed by atoms with van der Waals surface area (Å²) >= 11 is 12.1. The molecule has 0 spiro atoms. The fourth-order valence-corrected chi connectivity index (χ4v) is 2.78. The quantitative estimate of drug-likeness (QED) is 0.712. The van der Waals surface area contributed by atoms with Crippen LogP contribution in [0.2, 0.25) is 10.0 Å².